The molecule has 0 bridgehead atoms. The SMILES string of the molecule is CCC(C(=O)NC(C)C)N(Cc1ccc(OC)cc1)C(=O)CCc1ccc2c(c1)OCO2. The van der Waals surface area contributed by atoms with E-state index >= 15 is 0 Å². The van der Waals surface area contributed by atoms with Gasteiger partial charge in [-0.25, -0.2) is 0 Å². The van der Waals surface area contributed by atoms with E-state index in [2.05, 4.69) is 5.32 Å². The van der Waals surface area contributed by atoms with Crippen LogP contribution in [0.3, 0.4) is 0 Å². The van der Waals surface area contributed by atoms with Crippen LogP contribution in [-0.2, 0) is 22.6 Å². The maximum Gasteiger partial charge on any atom is 0.243 e. The quantitative estimate of drug-likeness (QED) is 0.610. The minimum Gasteiger partial charge on any atom is -0.497 e. The first kappa shape index (κ1) is 23.4. The Morgan fingerprint density at radius 3 is 2.41 bits per heavy atom. The third-order valence-corrected chi connectivity index (χ3v) is 5.39. The number of amides is 2. The Balaban J connectivity index is 1.75. The van der Waals surface area contributed by atoms with Crippen molar-refractivity contribution >= 4 is 11.8 Å². The van der Waals surface area contributed by atoms with Crippen molar-refractivity contribution in [3.63, 3.8) is 0 Å². The summed E-state index contributed by atoms with van der Waals surface area (Å²) in [7, 11) is 1.62. The van der Waals surface area contributed by atoms with Crippen LogP contribution in [0.4, 0.5) is 0 Å². The predicted octanol–water partition coefficient (Wildman–Crippen LogP) is 3.69. The molecular weight excluding hydrogens is 408 g/mol. The van der Waals surface area contributed by atoms with E-state index in [1.165, 1.54) is 0 Å². The second-order valence-corrected chi connectivity index (χ2v) is 8.14. The zero-order valence-electron chi connectivity index (χ0n) is 19.2. The fraction of sp³-hybridized carbons (Fsp3) is 0.440. The maximum absolute atomic E-state index is 13.3. The molecule has 1 heterocycles. The number of hydrogen-bond acceptors (Lipinski definition) is 5. The van der Waals surface area contributed by atoms with Crippen molar-refractivity contribution in [2.24, 2.45) is 0 Å². The van der Waals surface area contributed by atoms with Crippen LogP contribution in [0, 0.1) is 0 Å². The van der Waals surface area contributed by atoms with Crippen LogP contribution in [0.1, 0.15) is 44.7 Å². The number of nitrogens with one attached hydrogen (secondary N) is 1. The van der Waals surface area contributed by atoms with Crippen LogP contribution in [0.25, 0.3) is 0 Å². The average Bonchev–Trinajstić information content (AvgIpc) is 3.25. The van der Waals surface area contributed by atoms with Crippen molar-refractivity contribution in [1.29, 1.82) is 0 Å². The first-order valence-corrected chi connectivity index (χ1v) is 11.0. The van der Waals surface area contributed by atoms with Crippen molar-refractivity contribution < 1.29 is 23.8 Å². The molecule has 2 aromatic rings. The molecule has 3 rings (SSSR count). The van der Waals surface area contributed by atoms with Crippen molar-refractivity contribution in [3.05, 3.63) is 53.6 Å². The number of hydrogen-bond donors (Lipinski definition) is 1. The standard InChI is InChI=1S/C25H32N2O5/c1-5-21(25(29)26-17(2)3)27(15-19-6-10-20(30-4)11-7-19)24(28)13-9-18-8-12-22-23(14-18)32-16-31-22/h6-8,10-12,14,17,21H,5,9,13,15-16H2,1-4H3,(H,26,29). The molecule has 1 atom stereocenters. The highest BCUT2D eigenvalue weighted by molar-refractivity contribution is 5.87. The van der Waals surface area contributed by atoms with Crippen molar-refractivity contribution in [1.82, 2.24) is 10.2 Å². The number of carbonyl (C=O) groups excluding carboxylic acids is 2. The molecule has 1 unspecified atom stereocenters. The van der Waals surface area contributed by atoms with Gasteiger partial charge in [-0.3, -0.25) is 9.59 Å². The van der Waals surface area contributed by atoms with Gasteiger partial charge in [-0.15, -0.1) is 0 Å². The number of aryl methyl sites for hydroxylation is 1. The Bertz CT molecular complexity index is 926. The lowest BCUT2D eigenvalue weighted by Crippen LogP contribution is -2.50. The Labute approximate surface area is 189 Å². The summed E-state index contributed by atoms with van der Waals surface area (Å²) in [5.74, 6) is 1.97. The van der Waals surface area contributed by atoms with Crippen molar-refractivity contribution in [2.75, 3.05) is 13.9 Å². The van der Waals surface area contributed by atoms with Crippen LogP contribution in [-0.4, -0.2) is 42.7 Å². The van der Waals surface area contributed by atoms with E-state index < -0.39 is 6.04 Å². The highest BCUT2D eigenvalue weighted by Gasteiger charge is 2.29. The first-order valence-electron chi connectivity index (χ1n) is 11.0. The molecule has 2 amide bonds. The molecule has 0 radical (unpaired) electrons. The van der Waals surface area contributed by atoms with Gasteiger partial charge in [0.1, 0.15) is 11.8 Å². The van der Waals surface area contributed by atoms with Crippen molar-refractivity contribution in [2.45, 2.75) is 58.7 Å². The van der Waals surface area contributed by atoms with E-state index in [1.807, 2.05) is 63.2 Å². The third kappa shape index (κ3) is 5.93. The number of carbonyl (C=O) groups is 2. The van der Waals surface area contributed by atoms with Crippen LogP contribution in [0.2, 0.25) is 0 Å². The molecule has 2 aromatic carbocycles. The van der Waals surface area contributed by atoms with Crippen LogP contribution in [0.15, 0.2) is 42.5 Å². The van der Waals surface area contributed by atoms with E-state index in [1.54, 1.807) is 12.0 Å². The molecule has 172 valence electrons. The summed E-state index contributed by atoms with van der Waals surface area (Å²) in [5, 5.41) is 2.95. The topological polar surface area (TPSA) is 77.1 Å². The van der Waals surface area contributed by atoms with E-state index in [4.69, 9.17) is 14.2 Å². The molecule has 32 heavy (non-hydrogen) atoms. The molecule has 0 aliphatic carbocycles. The lowest BCUT2D eigenvalue weighted by Gasteiger charge is -2.31. The van der Waals surface area contributed by atoms with Gasteiger partial charge in [-0.05, 0) is 62.1 Å². The normalized spacial score (nSPS) is 13.0. The minimum atomic E-state index is -0.538. The Morgan fingerprint density at radius 1 is 1.06 bits per heavy atom. The predicted molar refractivity (Wildman–Crippen MR) is 122 cm³/mol. The highest BCUT2D eigenvalue weighted by Crippen LogP contribution is 2.32. The Morgan fingerprint density at radius 2 is 1.75 bits per heavy atom. The van der Waals surface area contributed by atoms with Crippen LogP contribution >= 0.6 is 0 Å². The largest absolute Gasteiger partial charge is 0.497 e. The first-order chi connectivity index (χ1) is 15.4. The summed E-state index contributed by atoms with van der Waals surface area (Å²) in [4.78, 5) is 27.9. The number of methoxy groups -OCH3 is 1. The molecule has 1 N–H and O–H groups in total. The summed E-state index contributed by atoms with van der Waals surface area (Å²) < 4.78 is 16.0. The Kier molecular flexibility index (Phi) is 7.98. The third-order valence-electron chi connectivity index (χ3n) is 5.39. The summed E-state index contributed by atoms with van der Waals surface area (Å²) in [6.45, 7) is 6.33. The smallest absolute Gasteiger partial charge is 0.243 e. The average molecular weight is 441 g/mol. The summed E-state index contributed by atoms with van der Waals surface area (Å²) in [6.07, 6.45) is 1.38. The highest BCUT2D eigenvalue weighted by atomic mass is 16.7. The van der Waals surface area contributed by atoms with Crippen molar-refractivity contribution in [3.8, 4) is 17.2 Å². The van der Waals surface area contributed by atoms with Crippen LogP contribution in [0.5, 0.6) is 17.2 Å². The fourth-order valence-corrected chi connectivity index (χ4v) is 3.72. The number of fused-ring (bicyclic) bond motifs is 1. The maximum atomic E-state index is 13.3. The lowest BCUT2D eigenvalue weighted by atomic mass is 10.1. The van der Waals surface area contributed by atoms with Gasteiger partial charge in [0, 0.05) is 19.0 Å². The zero-order valence-corrected chi connectivity index (χ0v) is 19.2. The molecule has 0 saturated heterocycles. The summed E-state index contributed by atoms with van der Waals surface area (Å²) in [5.41, 5.74) is 1.93. The van der Waals surface area contributed by atoms with Gasteiger partial charge < -0.3 is 24.4 Å². The zero-order chi connectivity index (χ0) is 23.1. The molecular formula is C25H32N2O5. The van der Waals surface area contributed by atoms with Gasteiger partial charge in [0.15, 0.2) is 11.5 Å². The molecule has 0 spiro atoms. The molecule has 0 fully saturated rings. The molecule has 7 heteroatoms. The fourth-order valence-electron chi connectivity index (χ4n) is 3.72. The lowest BCUT2D eigenvalue weighted by molar-refractivity contribution is -0.141. The van der Waals surface area contributed by atoms with Gasteiger partial charge in [-0.2, -0.15) is 0 Å². The number of nitrogens with zero attached hydrogens (tertiary/aromatic N) is 1. The molecule has 1 aliphatic rings. The van der Waals surface area contributed by atoms with Gasteiger partial charge in [0.2, 0.25) is 18.6 Å². The molecule has 0 aromatic heterocycles. The summed E-state index contributed by atoms with van der Waals surface area (Å²) in [6, 6.07) is 12.7. The van der Waals surface area contributed by atoms with E-state index in [-0.39, 0.29) is 24.6 Å². The Hall–Kier alpha value is -3.22. The van der Waals surface area contributed by atoms with Gasteiger partial charge in [-0.1, -0.05) is 25.1 Å². The second-order valence-electron chi connectivity index (χ2n) is 8.14. The molecule has 1 aliphatic heterocycles. The number of ether oxygens (including phenoxy) is 3. The van der Waals surface area contributed by atoms with Gasteiger partial charge in [0.05, 0.1) is 7.11 Å². The second kappa shape index (κ2) is 10.9. The van der Waals surface area contributed by atoms with E-state index in [0.29, 0.717) is 31.6 Å². The van der Waals surface area contributed by atoms with E-state index in [9.17, 15) is 9.59 Å². The number of benzene rings is 2. The summed E-state index contributed by atoms with van der Waals surface area (Å²) >= 11 is 0. The van der Waals surface area contributed by atoms with Gasteiger partial charge in [0.25, 0.3) is 0 Å². The minimum absolute atomic E-state index is 0.00289. The van der Waals surface area contributed by atoms with E-state index in [0.717, 1.165) is 22.6 Å². The van der Waals surface area contributed by atoms with Crippen LogP contribution < -0.4 is 19.5 Å². The number of rotatable bonds is 10. The van der Waals surface area contributed by atoms with Gasteiger partial charge >= 0.3 is 0 Å². The molecule has 7 nitrogen and oxygen atoms in total. The molecule has 0 saturated carbocycles. The monoisotopic (exact) mass is 440 g/mol.